The highest BCUT2D eigenvalue weighted by Gasteiger charge is 2.35. The molecule has 0 saturated heterocycles. The largest absolute Gasteiger partial charge is 0.497 e. The van der Waals surface area contributed by atoms with Crippen LogP contribution in [0.25, 0.3) is 0 Å². The minimum atomic E-state index is 0.185. The molecule has 0 spiro atoms. The van der Waals surface area contributed by atoms with E-state index < -0.39 is 0 Å². The Morgan fingerprint density at radius 1 is 1.12 bits per heavy atom. The van der Waals surface area contributed by atoms with E-state index in [0.717, 1.165) is 17.9 Å². The van der Waals surface area contributed by atoms with Crippen molar-refractivity contribution in [2.45, 2.75) is 56.0 Å². The average Bonchev–Trinajstić information content (AvgIpc) is 2.84. The Hall–Kier alpha value is -1.45. The number of fused-ring (bicyclic) bond motifs is 1. The van der Waals surface area contributed by atoms with Crippen LogP contribution in [0.3, 0.4) is 0 Å². The summed E-state index contributed by atoms with van der Waals surface area (Å²) in [5.41, 5.74) is 2.89. The zero-order valence-electron chi connectivity index (χ0n) is 15.5. The average molecular weight is 356 g/mol. The Morgan fingerprint density at radius 2 is 1.88 bits per heavy atom. The smallest absolute Gasteiger partial charge is 0.118 e. The summed E-state index contributed by atoms with van der Waals surface area (Å²) in [4.78, 5) is 1.41. The lowest BCUT2D eigenvalue weighted by Crippen LogP contribution is -2.48. The zero-order valence-corrected chi connectivity index (χ0v) is 16.4. The number of rotatable bonds is 6. The lowest BCUT2D eigenvalue weighted by molar-refractivity contribution is 0.298. The van der Waals surface area contributed by atoms with Gasteiger partial charge in [-0.1, -0.05) is 57.0 Å². The molecular weight excluding hydrogens is 326 g/mol. The van der Waals surface area contributed by atoms with Gasteiger partial charge in [-0.15, -0.1) is 11.8 Å². The number of hydrogen-bond acceptors (Lipinski definition) is 3. The van der Waals surface area contributed by atoms with Gasteiger partial charge in [0.2, 0.25) is 0 Å². The van der Waals surface area contributed by atoms with Gasteiger partial charge in [-0.2, -0.15) is 0 Å². The summed E-state index contributed by atoms with van der Waals surface area (Å²) in [6.07, 6.45) is 4.90. The monoisotopic (exact) mass is 355 g/mol. The molecule has 134 valence electrons. The van der Waals surface area contributed by atoms with Gasteiger partial charge >= 0.3 is 0 Å². The number of benzene rings is 2. The van der Waals surface area contributed by atoms with E-state index in [9.17, 15) is 0 Å². The predicted molar refractivity (Wildman–Crippen MR) is 108 cm³/mol. The first kappa shape index (κ1) is 18.3. The van der Waals surface area contributed by atoms with Gasteiger partial charge in [0.05, 0.1) is 13.2 Å². The molecule has 0 aliphatic carbocycles. The van der Waals surface area contributed by atoms with E-state index in [2.05, 4.69) is 67.7 Å². The standard InChI is InChI=1S/C22H29NOS/c1-4-6-15-22(5-2)16-25-20-10-8-7-9-19(20)21(23-22)17-11-13-18(24-3)14-12-17/h7-14,21,23H,4-6,15-16H2,1-3H3/t21-,22+/m1/s1. The van der Waals surface area contributed by atoms with Crippen LogP contribution in [0.1, 0.15) is 56.7 Å². The predicted octanol–water partition coefficient (Wildman–Crippen LogP) is 5.82. The molecule has 0 aromatic heterocycles. The van der Waals surface area contributed by atoms with Gasteiger partial charge in [0, 0.05) is 16.2 Å². The molecule has 0 amide bonds. The Kier molecular flexibility index (Phi) is 6.08. The Morgan fingerprint density at radius 3 is 2.56 bits per heavy atom. The molecule has 1 aliphatic heterocycles. The number of nitrogens with one attached hydrogen (secondary N) is 1. The lowest BCUT2D eigenvalue weighted by Gasteiger charge is -2.36. The van der Waals surface area contributed by atoms with Crippen molar-refractivity contribution in [1.29, 1.82) is 0 Å². The normalized spacial score (nSPS) is 22.9. The highest BCUT2D eigenvalue weighted by Crippen LogP contribution is 2.40. The summed E-state index contributed by atoms with van der Waals surface area (Å²) < 4.78 is 5.34. The molecule has 2 aromatic rings. The van der Waals surface area contributed by atoms with Crippen LogP contribution in [-0.2, 0) is 0 Å². The second kappa shape index (κ2) is 8.29. The topological polar surface area (TPSA) is 21.3 Å². The fraction of sp³-hybridized carbons (Fsp3) is 0.455. The van der Waals surface area contributed by atoms with Gasteiger partial charge < -0.3 is 4.74 Å². The van der Waals surface area contributed by atoms with E-state index in [1.54, 1.807) is 7.11 Å². The fourth-order valence-corrected chi connectivity index (χ4v) is 4.98. The molecule has 0 bridgehead atoms. The summed E-state index contributed by atoms with van der Waals surface area (Å²) in [7, 11) is 1.72. The first-order valence-electron chi connectivity index (χ1n) is 9.34. The van der Waals surface area contributed by atoms with Crippen LogP contribution < -0.4 is 10.1 Å². The molecule has 1 aliphatic rings. The maximum Gasteiger partial charge on any atom is 0.118 e. The molecule has 1 heterocycles. The minimum Gasteiger partial charge on any atom is -0.497 e. The Balaban J connectivity index is 2.00. The van der Waals surface area contributed by atoms with E-state index in [0.29, 0.717) is 0 Å². The first-order valence-corrected chi connectivity index (χ1v) is 10.3. The van der Waals surface area contributed by atoms with Crippen molar-refractivity contribution in [3.05, 3.63) is 59.7 Å². The number of ether oxygens (including phenoxy) is 1. The van der Waals surface area contributed by atoms with Crippen LogP contribution in [0.5, 0.6) is 5.75 Å². The second-order valence-corrected chi connectivity index (χ2v) is 7.93. The summed E-state index contributed by atoms with van der Waals surface area (Å²) in [6.45, 7) is 4.60. The van der Waals surface area contributed by atoms with Gasteiger partial charge in [-0.05, 0) is 42.2 Å². The van der Waals surface area contributed by atoms with E-state index >= 15 is 0 Å². The van der Waals surface area contributed by atoms with Crippen molar-refractivity contribution in [2.75, 3.05) is 12.9 Å². The van der Waals surface area contributed by atoms with Crippen molar-refractivity contribution < 1.29 is 4.74 Å². The third-order valence-corrected chi connectivity index (χ3v) is 6.70. The molecular formula is C22H29NOS. The van der Waals surface area contributed by atoms with Crippen molar-refractivity contribution in [1.82, 2.24) is 5.32 Å². The van der Waals surface area contributed by atoms with E-state index in [-0.39, 0.29) is 11.6 Å². The molecule has 0 radical (unpaired) electrons. The second-order valence-electron chi connectivity index (χ2n) is 6.91. The van der Waals surface area contributed by atoms with Crippen LogP contribution in [-0.4, -0.2) is 18.4 Å². The quantitative estimate of drug-likeness (QED) is 0.705. The third-order valence-electron chi connectivity index (χ3n) is 5.32. The van der Waals surface area contributed by atoms with Crippen molar-refractivity contribution in [3.8, 4) is 5.75 Å². The Bertz CT molecular complexity index is 685. The van der Waals surface area contributed by atoms with Gasteiger partial charge in [0.15, 0.2) is 0 Å². The van der Waals surface area contributed by atoms with Crippen LogP contribution >= 0.6 is 11.8 Å². The fourth-order valence-electron chi connectivity index (χ4n) is 3.59. The molecule has 3 heteroatoms. The lowest BCUT2D eigenvalue weighted by atomic mass is 9.88. The van der Waals surface area contributed by atoms with Gasteiger partial charge in [0.1, 0.15) is 5.75 Å². The number of hydrogen-bond donors (Lipinski definition) is 1. The zero-order chi connectivity index (χ0) is 17.7. The maximum absolute atomic E-state index is 5.34. The molecule has 1 N–H and O–H groups in total. The molecule has 0 fully saturated rings. The van der Waals surface area contributed by atoms with Crippen molar-refractivity contribution in [3.63, 3.8) is 0 Å². The van der Waals surface area contributed by atoms with Crippen molar-refractivity contribution in [2.24, 2.45) is 0 Å². The van der Waals surface area contributed by atoms with Crippen molar-refractivity contribution >= 4 is 11.8 Å². The number of thioether (sulfide) groups is 1. The third kappa shape index (κ3) is 4.04. The molecule has 3 rings (SSSR count). The molecule has 2 atom stereocenters. The summed E-state index contributed by atoms with van der Waals surface area (Å²) in [5, 5.41) is 4.06. The summed E-state index contributed by atoms with van der Waals surface area (Å²) >= 11 is 2.01. The van der Waals surface area contributed by atoms with Crippen LogP contribution in [0.4, 0.5) is 0 Å². The summed E-state index contributed by atoms with van der Waals surface area (Å²) in [6, 6.07) is 17.6. The van der Waals surface area contributed by atoms with Gasteiger partial charge in [0.25, 0.3) is 0 Å². The first-order chi connectivity index (χ1) is 12.2. The van der Waals surface area contributed by atoms with E-state index in [1.165, 1.54) is 35.3 Å². The van der Waals surface area contributed by atoms with Crippen LogP contribution in [0.2, 0.25) is 0 Å². The van der Waals surface area contributed by atoms with Gasteiger partial charge in [-0.3, -0.25) is 5.32 Å². The van der Waals surface area contributed by atoms with E-state index in [4.69, 9.17) is 4.74 Å². The molecule has 2 aromatic carbocycles. The Labute approximate surface area is 156 Å². The van der Waals surface area contributed by atoms with Crippen LogP contribution in [0, 0.1) is 0 Å². The number of methoxy groups -OCH3 is 1. The molecule has 0 saturated carbocycles. The molecule has 0 unspecified atom stereocenters. The molecule has 25 heavy (non-hydrogen) atoms. The highest BCUT2D eigenvalue weighted by molar-refractivity contribution is 7.99. The highest BCUT2D eigenvalue weighted by atomic mass is 32.2. The summed E-state index contributed by atoms with van der Waals surface area (Å²) in [5.74, 6) is 2.04. The SMILES string of the molecule is CCCC[C@@]1(CC)CSc2ccccc2[C@@H](c2ccc(OC)cc2)N1. The number of unbranched alkanes of at least 4 members (excludes halogenated alkanes) is 1. The van der Waals surface area contributed by atoms with Gasteiger partial charge in [-0.25, -0.2) is 0 Å². The minimum absolute atomic E-state index is 0.185. The molecule has 2 nitrogen and oxygen atoms in total. The maximum atomic E-state index is 5.34. The van der Waals surface area contributed by atoms with Crippen LogP contribution in [0.15, 0.2) is 53.4 Å². The van der Waals surface area contributed by atoms with E-state index in [1.807, 2.05) is 11.8 Å².